The minimum atomic E-state index is -3.84. The van der Waals surface area contributed by atoms with E-state index in [1.807, 2.05) is 13.8 Å². The Bertz CT molecular complexity index is 1160. The van der Waals surface area contributed by atoms with Crippen LogP contribution in [-0.4, -0.2) is 50.0 Å². The molecule has 2 amide bonds. The number of amides is 2. The number of halogens is 3. The average molecular weight is 563 g/mol. The second-order valence-corrected chi connectivity index (χ2v) is 11.4. The minimum Gasteiger partial charge on any atom is -0.352 e. The number of carbonyl (C=O) groups excluding carboxylic acids is 2. The summed E-state index contributed by atoms with van der Waals surface area (Å²) in [6.07, 6.45) is 2.04. The van der Waals surface area contributed by atoms with Gasteiger partial charge in [0.25, 0.3) is 0 Å². The standard InChI is InChI=1S/C24H30Cl3N3O4S/c1-5-16(3)28-24(32)22(6-2)29(14-17-10-11-19(26)13-21(17)27)23(31)15-30(35(4,33)34)20-9-7-8-18(25)12-20/h7-13,16,22H,5-6,14-15H2,1-4H3,(H,28,32)/t16-,22-/m0/s1. The summed E-state index contributed by atoms with van der Waals surface area (Å²) in [4.78, 5) is 28.1. The van der Waals surface area contributed by atoms with Gasteiger partial charge in [-0.25, -0.2) is 8.42 Å². The zero-order valence-corrected chi connectivity index (χ0v) is 23.2. The predicted molar refractivity (Wildman–Crippen MR) is 143 cm³/mol. The molecular formula is C24H30Cl3N3O4S. The Labute approximate surface area is 222 Å². The molecular weight excluding hydrogens is 533 g/mol. The topological polar surface area (TPSA) is 86.8 Å². The van der Waals surface area contributed by atoms with Crippen LogP contribution < -0.4 is 9.62 Å². The number of carbonyl (C=O) groups is 2. The molecule has 1 N–H and O–H groups in total. The van der Waals surface area contributed by atoms with Crippen LogP contribution in [0.5, 0.6) is 0 Å². The fourth-order valence-corrected chi connectivity index (χ4v) is 4.93. The summed E-state index contributed by atoms with van der Waals surface area (Å²) in [6, 6.07) is 10.1. The van der Waals surface area contributed by atoms with E-state index in [1.54, 1.807) is 43.3 Å². The number of rotatable bonds is 11. The molecule has 2 aromatic carbocycles. The monoisotopic (exact) mass is 561 g/mol. The lowest BCUT2D eigenvalue weighted by atomic mass is 10.1. The van der Waals surface area contributed by atoms with Gasteiger partial charge in [-0.1, -0.05) is 60.8 Å². The summed E-state index contributed by atoms with van der Waals surface area (Å²) >= 11 is 18.4. The maximum absolute atomic E-state index is 13.6. The zero-order valence-electron chi connectivity index (χ0n) is 20.1. The second kappa shape index (κ2) is 12.8. The SMILES string of the molecule is CC[C@H](C)NC(=O)[C@H](CC)N(Cc1ccc(Cl)cc1Cl)C(=O)CN(c1cccc(Cl)c1)S(C)(=O)=O. The molecule has 0 saturated carbocycles. The molecule has 7 nitrogen and oxygen atoms in total. The first kappa shape index (κ1) is 29.2. The number of nitrogens with zero attached hydrogens (tertiary/aromatic N) is 2. The molecule has 2 rings (SSSR count). The van der Waals surface area contributed by atoms with Gasteiger partial charge in [-0.05, 0) is 55.7 Å². The number of anilines is 1. The van der Waals surface area contributed by atoms with E-state index in [9.17, 15) is 18.0 Å². The Morgan fingerprint density at radius 2 is 1.66 bits per heavy atom. The number of hydrogen-bond donors (Lipinski definition) is 1. The molecule has 192 valence electrons. The Hall–Kier alpha value is -2.00. The van der Waals surface area contributed by atoms with Gasteiger partial charge in [0.15, 0.2) is 0 Å². The lowest BCUT2D eigenvalue weighted by Gasteiger charge is -2.33. The molecule has 0 aliphatic heterocycles. The molecule has 0 bridgehead atoms. The maximum atomic E-state index is 13.6. The summed E-state index contributed by atoms with van der Waals surface area (Å²) in [7, 11) is -3.84. The van der Waals surface area contributed by atoms with Crippen molar-refractivity contribution in [2.24, 2.45) is 0 Å². The molecule has 0 heterocycles. The second-order valence-electron chi connectivity index (χ2n) is 8.25. The molecule has 2 atom stereocenters. The van der Waals surface area contributed by atoms with E-state index in [2.05, 4.69) is 5.32 Å². The summed E-state index contributed by atoms with van der Waals surface area (Å²) < 4.78 is 26.2. The Balaban J connectivity index is 2.48. The molecule has 0 aromatic heterocycles. The van der Waals surface area contributed by atoms with Crippen LogP contribution in [0.15, 0.2) is 42.5 Å². The highest BCUT2D eigenvalue weighted by atomic mass is 35.5. The van der Waals surface area contributed by atoms with Crippen LogP contribution >= 0.6 is 34.8 Å². The number of hydrogen-bond acceptors (Lipinski definition) is 4. The van der Waals surface area contributed by atoms with Crippen molar-refractivity contribution in [1.82, 2.24) is 10.2 Å². The van der Waals surface area contributed by atoms with Crippen LogP contribution in [0.1, 0.15) is 39.2 Å². The van der Waals surface area contributed by atoms with Gasteiger partial charge in [-0.2, -0.15) is 0 Å². The molecule has 0 fully saturated rings. The molecule has 0 unspecified atom stereocenters. The van der Waals surface area contributed by atoms with Crippen LogP contribution in [-0.2, 0) is 26.2 Å². The van der Waals surface area contributed by atoms with Gasteiger partial charge in [0.05, 0.1) is 11.9 Å². The van der Waals surface area contributed by atoms with Gasteiger partial charge in [0, 0.05) is 27.7 Å². The van der Waals surface area contributed by atoms with Crippen molar-refractivity contribution in [2.45, 2.75) is 52.2 Å². The third-order valence-corrected chi connectivity index (χ3v) is 7.48. The van der Waals surface area contributed by atoms with E-state index in [0.717, 1.165) is 17.0 Å². The van der Waals surface area contributed by atoms with Gasteiger partial charge in [-0.15, -0.1) is 0 Å². The van der Waals surface area contributed by atoms with E-state index < -0.39 is 28.5 Å². The minimum absolute atomic E-state index is 0.00554. The van der Waals surface area contributed by atoms with Crippen molar-refractivity contribution in [2.75, 3.05) is 17.1 Å². The van der Waals surface area contributed by atoms with Crippen molar-refractivity contribution in [3.8, 4) is 0 Å². The van der Waals surface area contributed by atoms with E-state index >= 15 is 0 Å². The van der Waals surface area contributed by atoms with Gasteiger partial charge in [-0.3, -0.25) is 13.9 Å². The van der Waals surface area contributed by atoms with Crippen molar-refractivity contribution in [3.63, 3.8) is 0 Å². The number of nitrogens with one attached hydrogen (secondary N) is 1. The highest BCUT2D eigenvalue weighted by Crippen LogP contribution is 2.26. The molecule has 11 heteroatoms. The van der Waals surface area contributed by atoms with Gasteiger partial charge < -0.3 is 10.2 Å². The van der Waals surface area contributed by atoms with Crippen LogP contribution in [0.25, 0.3) is 0 Å². The maximum Gasteiger partial charge on any atom is 0.244 e. The molecule has 0 aliphatic carbocycles. The number of benzene rings is 2. The quantitative estimate of drug-likeness (QED) is 0.411. The fourth-order valence-electron chi connectivity index (χ4n) is 3.44. The molecule has 35 heavy (non-hydrogen) atoms. The molecule has 0 spiro atoms. The summed E-state index contributed by atoms with van der Waals surface area (Å²) in [6.45, 7) is 5.08. The number of sulfonamides is 1. The van der Waals surface area contributed by atoms with Crippen molar-refractivity contribution < 1.29 is 18.0 Å². The van der Waals surface area contributed by atoms with E-state index in [1.165, 1.54) is 11.0 Å². The van der Waals surface area contributed by atoms with E-state index in [0.29, 0.717) is 27.1 Å². The largest absolute Gasteiger partial charge is 0.352 e. The lowest BCUT2D eigenvalue weighted by Crippen LogP contribution is -2.53. The fraction of sp³-hybridized carbons (Fsp3) is 0.417. The summed E-state index contributed by atoms with van der Waals surface area (Å²) in [5, 5.41) is 4.01. The highest BCUT2D eigenvalue weighted by Gasteiger charge is 2.32. The first-order chi connectivity index (χ1) is 16.4. The predicted octanol–water partition coefficient (Wildman–Crippen LogP) is 5.13. The molecule has 0 saturated heterocycles. The highest BCUT2D eigenvalue weighted by molar-refractivity contribution is 7.92. The van der Waals surface area contributed by atoms with Crippen molar-refractivity contribution >= 4 is 62.3 Å². The Morgan fingerprint density at radius 3 is 2.20 bits per heavy atom. The molecule has 0 aliphatic rings. The Kier molecular flexibility index (Phi) is 10.7. The van der Waals surface area contributed by atoms with E-state index in [-0.39, 0.29) is 24.2 Å². The Morgan fingerprint density at radius 1 is 1.00 bits per heavy atom. The van der Waals surface area contributed by atoms with Crippen LogP contribution in [0.2, 0.25) is 15.1 Å². The van der Waals surface area contributed by atoms with Crippen LogP contribution in [0.3, 0.4) is 0 Å². The summed E-state index contributed by atoms with van der Waals surface area (Å²) in [5.41, 5.74) is 0.822. The first-order valence-electron chi connectivity index (χ1n) is 11.1. The average Bonchev–Trinajstić information content (AvgIpc) is 2.77. The van der Waals surface area contributed by atoms with Gasteiger partial charge >= 0.3 is 0 Å². The van der Waals surface area contributed by atoms with E-state index in [4.69, 9.17) is 34.8 Å². The van der Waals surface area contributed by atoms with Crippen LogP contribution in [0, 0.1) is 0 Å². The first-order valence-corrected chi connectivity index (χ1v) is 14.1. The third kappa shape index (κ3) is 8.27. The molecule has 2 aromatic rings. The van der Waals surface area contributed by atoms with Gasteiger partial charge in [0.2, 0.25) is 21.8 Å². The lowest BCUT2D eigenvalue weighted by molar-refractivity contribution is -0.140. The van der Waals surface area contributed by atoms with Crippen molar-refractivity contribution in [3.05, 3.63) is 63.1 Å². The van der Waals surface area contributed by atoms with Gasteiger partial charge in [0.1, 0.15) is 12.6 Å². The zero-order chi connectivity index (χ0) is 26.3. The summed E-state index contributed by atoms with van der Waals surface area (Å²) in [5.74, 6) is -0.887. The van der Waals surface area contributed by atoms with Crippen LogP contribution in [0.4, 0.5) is 5.69 Å². The molecule has 0 radical (unpaired) electrons. The van der Waals surface area contributed by atoms with Crippen molar-refractivity contribution in [1.29, 1.82) is 0 Å². The third-order valence-electron chi connectivity index (χ3n) is 5.52. The normalized spacial score (nSPS) is 13.1. The smallest absolute Gasteiger partial charge is 0.244 e.